The molecule has 0 radical (unpaired) electrons. The van der Waals surface area contributed by atoms with Gasteiger partial charge < -0.3 is 4.90 Å². The zero-order valence-corrected chi connectivity index (χ0v) is 9.62. The Bertz CT molecular complexity index is 194. The van der Waals surface area contributed by atoms with E-state index in [4.69, 9.17) is 0 Å². The molecule has 0 aromatic carbocycles. The van der Waals surface area contributed by atoms with Gasteiger partial charge in [0.05, 0.1) is 0 Å². The van der Waals surface area contributed by atoms with Crippen molar-refractivity contribution in [2.75, 3.05) is 33.2 Å². The third-order valence-electron chi connectivity index (χ3n) is 2.96. The number of carbonyl (C=O) groups excluding carboxylic acids is 1. The van der Waals surface area contributed by atoms with Gasteiger partial charge in [-0.1, -0.05) is 0 Å². The average molecular weight is 198 g/mol. The van der Waals surface area contributed by atoms with E-state index in [1.807, 2.05) is 0 Å². The molecule has 1 fully saturated rings. The van der Waals surface area contributed by atoms with Crippen LogP contribution in [0.25, 0.3) is 0 Å². The van der Waals surface area contributed by atoms with Crippen molar-refractivity contribution in [1.29, 1.82) is 0 Å². The molecule has 3 nitrogen and oxygen atoms in total. The summed E-state index contributed by atoms with van der Waals surface area (Å²) in [7, 11) is 2.17. The minimum atomic E-state index is 0.301. The number of ketones is 1. The van der Waals surface area contributed by atoms with Crippen LogP contribution in [0.2, 0.25) is 0 Å². The van der Waals surface area contributed by atoms with Gasteiger partial charge in [0.15, 0.2) is 0 Å². The van der Waals surface area contributed by atoms with E-state index in [-0.39, 0.29) is 0 Å². The number of Topliss-reactive ketones (excluding diaryl/α,β-unsaturated/α-hetero) is 1. The Hall–Kier alpha value is -0.410. The van der Waals surface area contributed by atoms with Gasteiger partial charge in [-0.2, -0.15) is 0 Å². The predicted octanol–water partition coefficient (Wildman–Crippen LogP) is 0.991. The highest BCUT2D eigenvalue weighted by Gasteiger charge is 2.18. The highest BCUT2D eigenvalue weighted by atomic mass is 16.1. The van der Waals surface area contributed by atoms with Crippen molar-refractivity contribution in [1.82, 2.24) is 9.80 Å². The van der Waals surface area contributed by atoms with Gasteiger partial charge in [-0.15, -0.1) is 0 Å². The van der Waals surface area contributed by atoms with Gasteiger partial charge in [-0.05, 0) is 40.4 Å². The second-order valence-corrected chi connectivity index (χ2v) is 4.45. The molecule has 0 spiro atoms. The van der Waals surface area contributed by atoms with Gasteiger partial charge in [0.1, 0.15) is 5.78 Å². The molecule has 14 heavy (non-hydrogen) atoms. The minimum Gasteiger partial charge on any atom is -0.305 e. The molecule has 1 rings (SSSR count). The van der Waals surface area contributed by atoms with Crippen LogP contribution >= 0.6 is 0 Å². The molecule has 0 aliphatic carbocycles. The van der Waals surface area contributed by atoms with Gasteiger partial charge in [-0.25, -0.2) is 0 Å². The van der Waals surface area contributed by atoms with Crippen LogP contribution < -0.4 is 0 Å². The topological polar surface area (TPSA) is 23.6 Å². The zero-order chi connectivity index (χ0) is 10.6. The van der Waals surface area contributed by atoms with Crippen molar-refractivity contribution in [2.45, 2.75) is 32.7 Å². The molecule has 0 bridgehead atoms. The van der Waals surface area contributed by atoms with Crippen molar-refractivity contribution in [3.8, 4) is 0 Å². The second-order valence-electron chi connectivity index (χ2n) is 4.45. The monoisotopic (exact) mass is 198 g/mol. The Balaban J connectivity index is 2.38. The maximum atomic E-state index is 11.0. The van der Waals surface area contributed by atoms with Crippen LogP contribution in [0.3, 0.4) is 0 Å². The Morgan fingerprint density at radius 1 is 1.29 bits per heavy atom. The molecule has 1 heterocycles. The Morgan fingerprint density at radius 3 is 2.64 bits per heavy atom. The van der Waals surface area contributed by atoms with Gasteiger partial charge >= 0.3 is 0 Å². The first-order valence-corrected chi connectivity index (χ1v) is 5.51. The lowest BCUT2D eigenvalue weighted by Crippen LogP contribution is -2.37. The fourth-order valence-electron chi connectivity index (χ4n) is 2.05. The summed E-state index contributed by atoms with van der Waals surface area (Å²) >= 11 is 0. The van der Waals surface area contributed by atoms with Gasteiger partial charge in [0, 0.05) is 25.6 Å². The third-order valence-corrected chi connectivity index (χ3v) is 2.96. The smallest absolute Gasteiger partial charge is 0.131 e. The van der Waals surface area contributed by atoms with Crippen molar-refractivity contribution in [3.05, 3.63) is 0 Å². The van der Waals surface area contributed by atoms with Gasteiger partial charge in [-0.3, -0.25) is 9.69 Å². The molecular formula is C11H22N2O. The first-order chi connectivity index (χ1) is 6.59. The minimum absolute atomic E-state index is 0.301. The lowest BCUT2D eigenvalue weighted by atomic mass is 10.1. The summed E-state index contributed by atoms with van der Waals surface area (Å²) < 4.78 is 0. The largest absolute Gasteiger partial charge is 0.305 e. The molecule has 82 valence electrons. The molecular weight excluding hydrogens is 176 g/mol. The lowest BCUT2D eigenvalue weighted by molar-refractivity contribution is -0.118. The fourth-order valence-corrected chi connectivity index (χ4v) is 2.05. The van der Waals surface area contributed by atoms with E-state index >= 15 is 0 Å². The van der Waals surface area contributed by atoms with Crippen LogP contribution in [0.15, 0.2) is 0 Å². The Kier molecular flexibility index (Phi) is 4.55. The first-order valence-electron chi connectivity index (χ1n) is 5.51. The molecule has 0 N–H and O–H groups in total. The summed E-state index contributed by atoms with van der Waals surface area (Å²) in [6.07, 6.45) is 1.92. The molecule has 1 unspecified atom stereocenters. The SMILES string of the molecule is CC(=O)CC(C)N1CCCN(C)CC1. The molecule has 0 aromatic rings. The average Bonchev–Trinajstić information content (AvgIpc) is 2.28. The fraction of sp³-hybridized carbons (Fsp3) is 0.909. The molecule has 1 aliphatic heterocycles. The van der Waals surface area contributed by atoms with E-state index < -0.39 is 0 Å². The summed E-state index contributed by atoms with van der Waals surface area (Å²) in [5.41, 5.74) is 0. The summed E-state index contributed by atoms with van der Waals surface area (Å²) in [5.74, 6) is 0.301. The number of rotatable bonds is 3. The van der Waals surface area contributed by atoms with Crippen LogP contribution in [0.5, 0.6) is 0 Å². The highest BCUT2D eigenvalue weighted by Crippen LogP contribution is 2.08. The van der Waals surface area contributed by atoms with Crippen LogP contribution in [0.1, 0.15) is 26.7 Å². The first kappa shape index (κ1) is 11.7. The number of carbonyl (C=O) groups is 1. The second kappa shape index (κ2) is 5.47. The van der Waals surface area contributed by atoms with Crippen LogP contribution in [-0.2, 0) is 4.79 Å². The van der Waals surface area contributed by atoms with E-state index in [0.717, 1.165) is 19.6 Å². The standard InChI is InChI=1S/C11H22N2O/c1-10(9-11(2)14)13-6-4-5-12(3)7-8-13/h10H,4-9H2,1-3H3. The number of hydrogen-bond acceptors (Lipinski definition) is 3. The summed E-state index contributed by atoms with van der Waals surface area (Å²) in [4.78, 5) is 15.8. The third kappa shape index (κ3) is 3.76. The Labute approximate surface area is 87.1 Å². The molecule has 1 aliphatic rings. The summed E-state index contributed by atoms with van der Waals surface area (Å²) in [5, 5.41) is 0. The number of nitrogens with zero attached hydrogens (tertiary/aromatic N) is 2. The molecule has 1 atom stereocenters. The van der Waals surface area contributed by atoms with Crippen LogP contribution in [-0.4, -0.2) is 54.9 Å². The number of hydrogen-bond donors (Lipinski definition) is 0. The quantitative estimate of drug-likeness (QED) is 0.675. The molecule has 3 heteroatoms. The van der Waals surface area contributed by atoms with E-state index in [2.05, 4.69) is 23.8 Å². The van der Waals surface area contributed by atoms with Gasteiger partial charge in [0.25, 0.3) is 0 Å². The molecule has 1 saturated heterocycles. The summed E-state index contributed by atoms with van der Waals surface area (Å²) in [6.45, 7) is 8.39. The van der Waals surface area contributed by atoms with Crippen LogP contribution in [0.4, 0.5) is 0 Å². The molecule has 0 amide bonds. The highest BCUT2D eigenvalue weighted by molar-refractivity contribution is 5.76. The van der Waals surface area contributed by atoms with Crippen molar-refractivity contribution in [3.63, 3.8) is 0 Å². The summed E-state index contributed by atoms with van der Waals surface area (Å²) in [6, 6.07) is 0.416. The van der Waals surface area contributed by atoms with E-state index in [0.29, 0.717) is 18.2 Å². The van der Waals surface area contributed by atoms with Crippen molar-refractivity contribution < 1.29 is 4.79 Å². The normalized spacial score (nSPS) is 23.1. The van der Waals surface area contributed by atoms with E-state index in [9.17, 15) is 4.79 Å². The Morgan fingerprint density at radius 2 is 2.00 bits per heavy atom. The maximum Gasteiger partial charge on any atom is 0.131 e. The maximum absolute atomic E-state index is 11.0. The van der Waals surface area contributed by atoms with E-state index in [1.54, 1.807) is 6.92 Å². The van der Waals surface area contributed by atoms with Gasteiger partial charge in [0.2, 0.25) is 0 Å². The lowest BCUT2D eigenvalue weighted by Gasteiger charge is -2.26. The van der Waals surface area contributed by atoms with Crippen molar-refractivity contribution >= 4 is 5.78 Å². The van der Waals surface area contributed by atoms with Crippen molar-refractivity contribution in [2.24, 2.45) is 0 Å². The molecule has 0 saturated carbocycles. The number of likely N-dealkylation sites (N-methyl/N-ethyl adjacent to an activating group) is 1. The predicted molar refractivity (Wildman–Crippen MR) is 58.4 cm³/mol. The molecule has 0 aromatic heterocycles. The zero-order valence-electron chi connectivity index (χ0n) is 9.62. The van der Waals surface area contributed by atoms with E-state index in [1.165, 1.54) is 13.0 Å². The van der Waals surface area contributed by atoms with Crippen LogP contribution in [0, 0.1) is 0 Å².